The first-order valence-electron chi connectivity index (χ1n) is 6.48. The van der Waals surface area contributed by atoms with Gasteiger partial charge in [0.15, 0.2) is 0 Å². The van der Waals surface area contributed by atoms with E-state index in [1.165, 1.54) is 6.07 Å². The predicted octanol–water partition coefficient (Wildman–Crippen LogP) is 1.29. The van der Waals surface area contributed by atoms with Gasteiger partial charge < -0.3 is 14.7 Å². The molecule has 0 saturated carbocycles. The molecule has 0 fully saturated rings. The Morgan fingerprint density at radius 3 is 2.80 bits per heavy atom. The van der Waals surface area contributed by atoms with Crippen LogP contribution in [-0.4, -0.2) is 49.8 Å². The van der Waals surface area contributed by atoms with Gasteiger partial charge in [0, 0.05) is 18.7 Å². The van der Waals surface area contributed by atoms with Gasteiger partial charge in [0.25, 0.3) is 0 Å². The van der Waals surface area contributed by atoms with Crippen molar-refractivity contribution in [1.82, 2.24) is 10.2 Å². The molecule has 1 rings (SSSR count). The molecule has 5 nitrogen and oxygen atoms in total. The van der Waals surface area contributed by atoms with Crippen LogP contribution >= 0.6 is 0 Å². The zero-order valence-corrected chi connectivity index (χ0v) is 12.0. The van der Waals surface area contributed by atoms with E-state index in [9.17, 15) is 14.3 Å². The van der Waals surface area contributed by atoms with Gasteiger partial charge in [-0.15, -0.1) is 0 Å². The molecule has 2 N–H and O–H groups in total. The van der Waals surface area contributed by atoms with Crippen molar-refractivity contribution in [2.75, 3.05) is 33.8 Å². The number of halogens is 1. The van der Waals surface area contributed by atoms with E-state index in [1.54, 1.807) is 6.92 Å². The summed E-state index contributed by atoms with van der Waals surface area (Å²) in [6.07, 6.45) is 0. The van der Waals surface area contributed by atoms with Gasteiger partial charge in [0.05, 0.1) is 6.61 Å². The van der Waals surface area contributed by atoms with Crippen molar-refractivity contribution in [2.45, 2.75) is 13.0 Å². The summed E-state index contributed by atoms with van der Waals surface area (Å²) in [6.45, 7) is 3.12. The Morgan fingerprint density at radius 2 is 2.20 bits per heavy atom. The van der Waals surface area contributed by atoms with E-state index in [1.807, 2.05) is 19.0 Å². The fourth-order valence-corrected chi connectivity index (χ4v) is 1.73. The third-order valence-electron chi connectivity index (χ3n) is 2.73. The first kappa shape index (κ1) is 16.4. The first-order valence-corrected chi connectivity index (χ1v) is 6.48. The first-order chi connectivity index (χ1) is 9.45. The van der Waals surface area contributed by atoms with Crippen LogP contribution in [0.1, 0.15) is 18.5 Å². The Morgan fingerprint density at radius 1 is 1.50 bits per heavy atom. The van der Waals surface area contributed by atoms with E-state index in [0.717, 1.165) is 12.1 Å². The number of esters is 1. The van der Waals surface area contributed by atoms with Crippen molar-refractivity contribution in [3.63, 3.8) is 0 Å². The Bertz CT molecular complexity index is 452. The van der Waals surface area contributed by atoms with Gasteiger partial charge in [0.1, 0.15) is 17.6 Å². The predicted molar refractivity (Wildman–Crippen MR) is 74.0 cm³/mol. The average molecular weight is 284 g/mol. The number of likely N-dealkylation sites (N-methyl/N-ethyl adjacent to an activating group) is 1. The Balaban J connectivity index is 2.91. The normalized spacial score (nSPS) is 12.4. The van der Waals surface area contributed by atoms with E-state index in [2.05, 4.69) is 5.32 Å². The number of phenolic OH excluding ortho intramolecular Hbond substituents is 1. The number of benzene rings is 1. The minimum atomic E-state index is -0.884. The molecule has 1 unspecified atom stereocenters. The molecule has 0 amide bonds. The molecule has 20 heavy (non-hydrogen) atoms. The molecule has 0 radical (unpaired) electrons. The van der Waals surface area contributed by atoms with Crippen LogP contribution in [0.2, 0.25) is 0 Å². The van der Waals surface area contributed by atoms with Gasteiger partial charge in [-0.05, 0) is 39.2 Å². The van der Waals surface area contributed by atoms with Gasteiger partial charge in [-0.25, -0.2) is 9.18 Å². The van der Waals surface area contributed by atoms with Crippen molar-refractivity contribution < 1.29 is 19.0 Å². The van der Waals surface area contributed by atoms with Gasteiger partial charge in [-0.3, -0.25) is 5.32 Å². The van der Waals surface area contributed by atoms with Crippen LogP contribution in [-0.2, 0) is 9.53 Å². The van der Waals surface area contributed by atoms with Crippen LogP contribution in [0.25, 0.3) is 0 Å². The summed E-state index contributed by atoms with van der Waals surface area (Å²) >= 11 is 0. The Kier molecular flexibility index (Phi) is 6.41. The molecule has 0 aliphatic rings. The topological polar surface area (TPSA) is 61.8 Å². The van der Waals surface area contributed by atoms with E-state index in [-0.39, 0.29) is 17.9 Å². The standard InChI is InChI=1S/C14H21FN2O3/c1-4-20-14(19)13(16-7-8-17(2)3)11-9-10(15)5-6-12(11)18/h5-6,9,13,16,18H,4,7-8H2,1-3H3. The van der Waals surface area contributed by atoms with Crippen molar-refractivity contribution in [3.05, 3.63) is 29.6 Å². The van der Waals surface area contributed by atoms with E-state index in [0.29, 0.717) is 13.1 Å². The fourth-order valence-electron chi connectivity index (χ4n) is 1.73. The second-order valence-corrected chi connectivity index (χ2v) is 4.65. The minimum absolute atomic E-state index is 0.137. The fraction of sp³-hybridized carbons (Fsp3) is 0.500. The maximum Gasteiger partial charge on any atom is 0.327 e. The highest BCUT2D eigenvalue weighted by Gasteiger charge is 2.24. The molecule has 0 aromatic heterocycles. The quantitative estimate of drug-likeness (QED) is 0.739. The van der Waals surface area contributed by atoms with E-state index >= 15 is 0 Å². The lowest BCUT2D eigenvalue weighted by molar-refractivity contribution is -0.145. The lowest BCUT2D eigenvalue weighted by atomic mass is 10.1. The Hall–Kier alpha value is -1.66. The number of hydrogen-bond donors (Lipinski definition) is 2. The maximum atomic E-state index is 13.3. The lowest BCUT2D eigenvalue weighted by Gasteiger charge is -2.20. The smallest absolute Gasteiger partial charge is 0.327 e. The van der Waals surface area contributed by atoms with Crippen LogP contribution in [0.5, 0.6) is 5.75 Å². The van der Waals surface area contributed by atoms with Crippen LogP contribution in [0, 0.1) is 5.82 Å². The van der Waals surface area contributed by atoms with Crippen LogP contribution in [0.15, 0.2) is 18.2 Å². The number of nitrogens with zero attached hydrogens (tertiary/aromatic N) is 1. The highest BCUT2D eigenvalue weighted by Crippen LogP contribution is 2.26. The molecule has 0 aliphatic carbocycles. The second kappa shape index (κ2) is 7.81. The summed E-state index contributed by atoms with van der Waals surface area (Å²) in [5, 5.41) is 12.8. The largest absolute Gasteiger partial charge is 0.508 e. The molecule has 0 spiro atoms. The SMILES string of the molecule is CCOC(=O)C(NCCN(C)C)c1cc(F)ccc1O. The molecule has 0 bridgehead atoms. The molecule has 1 aromatic rings. The highest BCUT2D eigenvalue weighted by atomic mass is 19.1. The molecule has 1 atom stereocenters. The molecule has 6 heteroatoms. The maximum absolute atomic E-state index is 13.3. The number of phenols is 1. The number of carbonyl (C=O) groups is 1. The third-order valence-corrected chi connectivity index (χ3v) is 2.73. The number of nitrogens with one attached hydrogen (secondary N) is 1. The second-order valence-electron chi connectivity index (χ2n) is 4.65. The minimum Gasteiger partial charge on any atom is -0.508 e. The van der Waals surface area contributed by atoms with Crippen molar-refractivity contribution in [3.8, 4) is 5.75 Å². The van der Waals surface area contributed by atoms with Crippen molar-refractivity contribution in [2.24, 2.45) is 0 Å². The lowest BCUT2D eigenvalue weighted by Crippen LogP contribution is -2.35. The summed E-state index contributed by atoms with van der Waals surface area (Å²) in [5.41, 5.74) is 0.183. The van der Waals surface area contributed by atoms with Crippen molar-refractivity contribution in [1.29, 1.82) is 0 Å². The van der Waals surface area contributed by atoms with Crippen LogP contribution in [0.3, 0.4) is 0 Å². The summed E-state index contributed by atoms with van der Waals surface area (Å²) in [4.78, 5) is 13.9. The molecule has 0 saturated heterocycles. The number of rotatable bonds is 7. The molecule has 112 valence electrons. The third kappa shape index (κ3) is 4.79. The van der Waals surface area contributed by atoms with Gasteiger partial charge in [-0.2, -0.15) is 0 Å². The number of aromatic hydroxyl groups is 1. The zero-order valence-electron chi connectivity index (χ0n) is 12.0. The van der Waals surface area contributed by atoms with E-state index in [4.69, 9.17) is 4.74 Å². The van der Waals surface area contributed by atoms with E-state index < -0.39 is 17.8 Å². The number of carbonyl (C=O) groups excluding carboxylic acids is 1. The van der Waals surface area contributed by atoms with Crippen molar-refractivity contribution >= 4 is 5.97 Å². The van der Waals surface area contributed by atoms with Gasteiger partial charge >= 0.3 is 5.97 Å². The summed E-state index contributed by atoms with van der Waals surface area (Å²) < 4.78 is 18.3. The zero-order chi connectivity index (χ0) is 15.1. The van der Waals surface area contributed by atoms with Gasteiger partial charge in [0.2, 0.25) is 0 Å². The molecule has 0 heterocycles. The summed E-state index contributed by atoms with van der Waals surface area (Å²) in [6, 6.07) is 2.62. The molecular weight excluding hydrogens is 263 g/mol. The molecule has 0 aliphatic heterocycles. The average Bonchev–Trinajstić information content (AvgIpc) is 2.38. The Labute approximate surface area is 118 Å². The summed E-state index contributed by atoms with van der Waals surface area (Å²) in [5.74, 6) is -1.18. The van der Waals surface area contributed by atoms with Gasteiger partial charge in [-0.1, -0.05) is 0 Å². The highest BCUT2D eigenvalue weighted by molar-refractivity contribution is 5.78. The van der Waals surface area contributed by atoms with Crippen LogP contribution in [0.4, 0.5) is 4.39 Å². The number of hydrogen-bond acceptors (Lipinski definition) is 5. The summed E-state index contributed by atoms with van der Waals surface area (Å²) in [7, 11) is 3.81. The molecular formula is C14H21FN2O3. The van der Waals surface area contributed by atoms with Crippen LogP contribution < -0.4 is 5.32 Å². The number of ether oxygens (including phenoxy) is 1. The molecule has 1 aromatic carbocycles. The monoisotopic (exact) mass is 284 g/mol.